The molecule has 4 heteroatoms. The summed E-state index contributed by atoms with van der Waals surface area (Å²) in [4.78, 5) is 12.5. The number of hydrogen-bond acceptors (Lipinski definition) is 3. The number of aliphatic hydroxyl groups is 1. The Bertz CT molecular complexity index is 500. The van der Waals surface area contributed by atoms with Gasteiger partial charge in [-0.3, -0.25) is 4.79 Å². The van der Waals surface area contributed by atoms with Crippen LogP contribution in [0.25, 0.3) is 10.1 Å². The zero-order valence-electron chi connectivity index (χ0n) is 9.81. The first-order valence-corrected chi connectivity index (χ1v) is 6.36. The smallest absolute Gasteiger partial charge is 0.249 e. The van der Waals surface area contributed by atoms with Crippen LogP contribution in [0.4, 0.5) is 0 Å². The van der Waals surface area contributed by atoms with E-state index in [4.69, 9.17) is 5.11 Å². The molecule has 0 aliphatic rings. The fourth-order valence-corrected chi connectivity index (χ4v) is 2.69. The first-order valence-electron chi connectivity index (χ1n) is 5.55. The summed E-state index contributed by atoms with van der Waals surface area (Å²) in [6.07, 6.45) is -0.966. The maximum absolute atomic E-state index is 11.4. The van der Waals surface area contributed by atoms with Crippen LogP contribution in [-0.2, 0) is 4.79 Å². The van der Waals surface area contributed by atoms with Gasteiger partial charge in [-0.1, -0.05) is 18.2 Å². The van der Waals surface area contributed by atoms with Gasteiger partial charge in [-0.15, -0.1) is 11.3 Å². The lowest BCUT2D eigenvalue weighted by molar-refractivity contribution is -0.129. The summed E-state index contributed by atoms with van der Waals surface area (Å²) >= 11 is 1.66. The lowest BCUT2D eigenvalue weighted by Crippen LogP contribution is -2.34. The molecule has 2 atom stereocenters. The number of carbonyl (C=O) groups is 1. The van der Waals surface area contributed by atoms with Crippen molar-refractivity contribution in [3.05, 3.63) is 35.2 Å². The Morgan fingerprint density at radius 2 is 2.06 bits per heavy atom. The first kappa shape index (κ1) is 12.1. The van der Waals surface area contributed by atoms with Crippen LogP contribution < -0.4 is 5.32 Å². The van der Waals surface area contributed by atoms with Gasteiger partial charge in [-0.25, -0.2) is 0 Å². The molecule has 1 amide bonds. The zero-order valence-corrected chi connectivity index (χ0v) is 10.6. The Kier molecular flexibility index (Phi) is 3.45. The Morgan fingerprint density at radius 3 is 2.71 bits per heavy atom. The Labute approximate surface area is 104 Å². The SMILES string of the molecule is C[C@H](O)C(=O)N[C@H](C)c1cc2ccccc2s1. The number of thiophene rings is 1. The molecule has 1 aromatic heterocycles. The van der Waals surface area contributed by atoms with Crippen LogP contribution in [0.15, 0.2) is 30.3 Å². The number of nitrogens with one attached hydrogen (secondary N) is 1. The predicted octanol–water partition coefficient (Wildman–Crippen LogP) is 2.46. The number of fused-ring (bicyclic) bond motifs is 1. The van der Waals surface area contributed by atoms with Gasteiger partial charge in [0.1, 0.15) is 6.10 Å². The first-order chi connectivity index (χ1) is 8.08. The second-order valence-corrected chi connectivity index (χ2v) is 5.21. The molecule has 2 aromatic rings. The molecule has 0 spiro atoms. The number of aliphatic hydroxyl groups excluding tert-OH is 1. The van der Waals surface area contributed by atoms with Gasteiger partial charge < -0.3 is 10.4 Å². The maximum Gasteiger partial charge on any atom is 0.249 e. The van der Waals surface area contributed by atoms with Gasteiger partial charge >= 0.3 is 0 Å². The van der Waals surface area contributed by atoms with E-state index in [2.05, 4.69) is 23.5 Å². The van der Waals surface area contributed by atoms with Crippen molar-refractivity contribution >= 4 is 27.3 Å². The van der Waals surface area contributed by atoms with Crippen molar-refractivity contribution < 1.29 is 9.90 Å². The number of carbonyl (C=O) groups excluding carboxylic acids is 1. The Morgan fingerprint density at radius 1 is 1.35 bits per heavy atom. The molecule has 0 saturated heterocycles. The van der Waals surface area contributed by atoms with Crippen LogP contribution >= 0.6 is 11.3 Å². The minimum absolute atomic E-state index is 0.0745. The normalized spacial score (nSPS) is 14.5. The van der Waals surface area contributed by atoms with Crippen LogP contribution in [0.3, 0.4) is 0 Å². The molecule has 0 saturated carbocycles. The van der Waals surface area contributed by atoms with E-state index in [-0.39, 0.29) is 11.9 Å². The topological polar surface area (TPSA) is 49.3 Å². The van der Waals surface area contributed by atoms with Crippen LogP contribution in [-0.4, -0.2) is 17.1 Å². The Hall–Kier alpha value is -1.39. The molecule has 0 aliphatic heterocycles. The highest BCUT2D eigenvalue weighted by atomic mass is 32.1. The maximum atomic E-state index is 11.4. The third-order valence-electron chi connectivity index (χ3n) is 2.61. The molecule has 0 unspecified atom stereocenters. The minimum atomic E-state index is -0.966. The monoisotopic (exact) mass is 249 g/mol. The van der Waals surface area contributed by atoms with E-state index in [0.717, 1.165) is 4.88 Å². The number of benzene rings is 1. The second kappa shape index (κ2) is 4.85. The molecular weight excluding hydrogens is 234 g/mol. The van der Waals surface area contributed by atoms with Crippen molar-refractivity contribution in [3.8, 4) is 0 Å². The number of hydrogen-bond donors (Lipinski definition) is 2. The van der Waals surface area contributed by atoms with Gasteiger partial charge in [0.15, 0.2) is 0 Å². The van der Waals surface area contributed by atoms with E-state index >= 15 is 0 Å². The summed E-state index contributed by atoms with van der Waals surface area (Å²) in [5, 5.41) is 13.1. The van der Waals surface area contributed by atoms with Crippen LogP contribution in [0.5, 0.6) is 0 Å². The molecule has 1 heterocycles. The van der Waals surface area contributed by atoms with Crippen LogP contribution in [0.2, 0.25) is 0 Å². The standard InChI is InChI=1S/C13H15NO2S/c1-8(14-13(16)9(2)15)12-7-10-5-3-4-6-11(10)17-12/h3-9,15H,1-2H3,(H,14,16)/t8-,9+/m1/s1. The zero-order chi connectivity index (χ0) is 12.4. The minimum Gasteiger partial charge on any atom is -0.384 e. The lowest BCUT2D eigenvalue weighted by atomic mass is 10.2. The van der Waals surface area contributed by atoms with Gasteiger partial charge in [0, 0.05) is 9.58 Å². The van der Waals surface area contributed by atoms with E-state index in [1.54, 1.807) is 11.3 Å². The molecule has 2 N–H and O–H groups in total. The molecule has 0 fully saturated rings. The number of rotatable bonds is 3. The van der Waals surface area contributed by atoms with Crippen LogP contribution in [0.1, 0.15) is 24.8 Å². The highest BCUT2D eigenvalue weighted by molar-refractivity contribution is 7.19. The highest BCUT2D eigenvalue weighted by Gasteiger charge is 2.15. The van der Waals surface area contributed by atoms with Crippen molar-refractivity contribution in [3.63, 3.8) is 0 Å². The van der Waals surface area contributed by atoms with Crippen molar-refractivity contribution in [2.75, 3.05) is 0 Å². The van der Waals surface area contributed by atoms with Crippen molar-refractivity contribution in [1.82, 2.24) is 5.32 Å². The molecule has 0 bridgehead atoms. The van der Waals surface area contributed by atoms with Gasteiger partial charge in [-0.2, -0.15) is 0 Å². The molecule has 17 heavy (non-hydrogen) atoms. The highest BCUT2D eigenvalue weighted by Crippen LogP contribution is 2.29. The molecular formula is C13H15NO2S. The Balaban J connectivity index is 2.19. The average molecular weight is 249 g/mol. The van der Waals surface area contributed by atoms with Gasteiger partial charge in [0.05, 0.1) is 6.04 Å². The molecule has 3 nitrogen and oxygen atoms in total. The lowest BCUT2D eigenvalue weighted by Gasteiger charge is -2.13. The quantitative estimate of drug-likeness (QED) is 0.878. The van der Waals surface area contributed by atoms with Crippen molar-refractivity contribution in [2.45, 2.75) is 26.0 Å². The summed E-state index contributed by atoms with van der Waals surface area (Å²) < 4.78 is 1.21. The third kappa shape index (κ3) is 2.65. The third-order valence-corrected chi connectivity index (χ3v) is 3.91. The second-order valence-electron chi connectivity index (χ2n) is 4.09. The van der Waals surface area contributed by atoms with Crippen molar-refractivity contribution in [1.29, 1.82) is 0 Å². The van der Waals surface area contributed by atoms with E-state index < -0.39 is 6.10 Å². The van der Waals surface area contributed by atoms with Gasteiger partial charge in [0.2, 0.25) is 5.91 Å². The molecule has 0 radical (unpaired) electrons. The van der Waals surface area contributed by atoms with E-state index in [1.165, 1.54) is 17.0 Å². The fourth-order valence-electron chi connectivity index (χ4n) is 1.62. The number of amides is 1. The van der Waals surface area contributed by atoms with Gasteiger partial charge in [0.25, 0.3) is 0 Å². The molecule has 0 aliphatic carbocycles. The largest absolute Gasteiger partial charge is 0.384 e. The molecule has 90 valence electrons. The molecule has 1 aromatic carbocycles. The summed E-state index contributed by atoms with van der Waals surface area (Å²) in [5.41, 5.74) is 0. The van der Waals surface area contributed by atoms with Crippen LogP contribution in [0, 0.1) is 0 Å². The van der Waals surface area contributed by atoms with E-state index in [1.807, 2.05) is 19.1 Å². The summed E-state index contributed by atoms with van der Waals surface area (Å²) in [6.45, 7) is 3.39. The van der Waals surface area contributed by atoms with Gasteiger partial charge in [-0.05, 0) is 31.4 Å². The predicted molar refractivity (Wildman–Crippen MR) is 70.1 cm³/mol. The van der Waals surface area contributed by atoms with Crippen molar-refractivity contribution in [2.24, 2.45) is 0 Å². The molecule has 2 rings (SSSR count). The van der Waals surface area contributed by atoms with E-state index in [9.17, 15) is 4.79 Å². The summed E-state index contributed by atoms with van der Waals surface area (Å²) in [5.74, 6) is -0.338. The van der Waals surface area contributed by atoms with E-state index in [0.29, 0.717) is 0 Å². The summed E-state index contributed by atoms with van der Waals surface area (Å²) in [7, 11) is 0. The average Bonchev–Trinajstić information content (AvgIpc) is 2.72. The fraction of sp³-hybridized carbons (Fsp3) is 0.308. The summed E-state index contributed by atoms with van der Waals surface area (Å²) in [6, 6.07) is 10.1.